The maximum absolute atomic E-state index is 12.5. The van der Waals surface area contributed by atoms with Crippen molar-refractivity contribution in [1.82, 2.24) is 4.90 Å². The summed E-state index contributed by atoms with van der Waals surface area (Å²) in [6.07, 6.45) is 9.07. The Kier molecular flexibility index (Phi) is 4.66. The van der Waals surface area contributed by atoms with Gasteiger partial charge in [-0.1, -0.05) is 19.3 Å². The van der Waals surface area contributed by atoms with Crippen LogP contribution in [-0.2, 0) is 4.79 Å². The number of hydrogen-bond donors (Lipinski definition) is 1. The van der Waals surface area contributed by atoms with E-state index < -0.39 is 0 Å². The predicted molar refractivity (Wildman–Crippen MR) is 74.2 cm³/mol. The fraction of sp³-hybridized carbons (Fsp3) is 0.933. The molecule has 2 saturated carbocycles. The summed E-state index contributed by atoms with van der Waals surface area (Å²) in [6, 6.07) is 1.08. The third kappa shape index (κ3) is 3.05. The van der Waals surface area contributed by atoms with Crippen molar-refractivity contribution in [3.8, 4) is 0 Å². The number of nitrogens with two attached hydrogens (primary N) is 1. The van der Waals surface area contributed by atoms with Crippen molar-refractivity contribution in [3.05, 3.63) is 0 Å². The van der Waals surface area contributed by atoms with Crippen LogP contribution in [0, 0.1) is 5.92 Å². The van der Waals surface area contributed by atoms with E-state index in [-0.39, 0.29) is 6.04 Å². The second-order valence-corrected chi connectivity index (χ2v) is 6.39. The van der Waals surface area contributed by atoms with Gasteiger partial charge in [0.1, 0.15) is 0 Å². The smallest absolute Gasteiger partial charge is 0.223 e. The van der Waals surface area contributed by atoms with Crippen LogP contribution in [0.2, 0.25) is 0 Å². The average Bonchev–Trinajstić information content (AvgIpc) is 2.92. The van der Waals surface area contributed by atoms with E-state index in [0.717, 1.165) is 12.8 Å². The lowest BCUT2D eigenvalue weighted by Crippen LogP contribution is -2.45. The molecule has 2 atom stereocenters. The molecule has 3 heteroatoms. The van der Waals surface area contributed by atoms with Crippen LogP contribution >= 0.6 is 0 Å². The van der Waals surface area contributed by atoms with Crippen molar-refractivity contribution < 1.29 is 4.79 Å². The fourth-order valence-corrected chi connectivity index (χ4v) is 3.74. The summed E-state index contributed by atoms with van der Waals surface area (Å²) in [4.78, 5) is 14.7. The molecule has 2 aliphatic carbocycles. The van der Waals surface area contributed by atoms with Gasteiger partial charge in [0.25, 0.3) is 0 Å². The van der Waals surface area contributed by atoms with Crippen LogP contribution in [0.1, 0.15) is 65.2 Å². The SMILES string of the molecule is CC(C)N(C(=O)C[C@@H]1CCC[C@H]1N)C1CCCC1. The Hall–Kier alpha value is -0.570. The summed E-state index contributed by atoms with van der Waals surface area (Å²) < 4.78 is 0. The van der Waals surface area contributed by atoms with Gasteiger partial charge in [-0.05, 0) is 45.4 Å². The molecule has 0 aliphatic heterocycles. The van der Waals surface area contributed by atoms with Gasteiger partial charge < -0.3 is 10.6 Å². The summed E-state index contributed by atoms with van der Waals surface area (Å²) in [6.45, 7) is 4.29. The highest BCUT2D eigenvalue weighted by Crippen LogP contribution is 2.30. The second kappa shape index (κ2) is 6.05. The molecule has 2 fully saturated rings. The number of carbonyl (C=O) groups is 1. The van der Waals surface area contributed by atoms with E-state index in [4.69, 9.17) is 5.73 Å². The Morgan fingerprint density at radius 1 is 1.17 bits per heavy atom. The molecule has 2 aliphatic rings. The van der Waals surface area contributed by atoms with Gasteiger partial charge >= 0.3 is 0 Å². The van der Waals surface area contributed by atoms with Crippen molar-refractivity contribution in [2.75, 3.05) is 0 Å². The van der Waals surface area contributed by atoms with E-state index in [1.807, 2.05) is 0 Å². The molecule has 2 N–H and O–H groups in total. The van der Waals surface area contributed by atoms with Crippen molar-refractivity contribution in [1.29, 1.82) is 0 Å². The molecular weight excluding hydrogens is 224 g/mol. The Bertz CT molecular complexity index is 284. The number of nitrogens with zero attached hydrogens (tertiary/aromatic N) is 1. The van der Waals surface area contributed by atoms with Gasteiger partial charge in [-0.15, -0.1) is 0 Å². The van der Waals surface area contributed by atoms with Crippen molar-refractivity contribution in [2.24, 2.45) is 11.7 Å². The molecule has 2 rings (SSSR count). The summed E-state index contributed by atoms with van der Waals surface area (Å²) >= 11 is 0. The Balaban J connectivity index is 1.95. The molecule has 0 heterocycles. The highest BCUT2D eigenvalue weighted by atomic mass is 16.2. The minimum Gasteiger partial charge on any atom is -0.337 e. The van der Waals surface area contributed by atoms with Gasteiger partial charge in [0, 0.05) is 24.5 Å². The second-order valence-electron chi connectivity index (χ2n) is 6.39. The Morgan fingerprint density at radius 2 is 1.83 bits per heavy atom. The van der Waals surface area contributed by atoms with E-state index in [1.54, 1.807) is 0 Å². The molecule has 0 aromatic rings. The molecule has 0 aromatic heterocycles. The molecule has 0 unspecified atom stereocenters. The predicted octanol–water partition coefficient (Wildman–Crippen LogP) is 2.68. The first-order valence-corrected chi connectivity index (χ1v) is 7.66. The van der Waals surface area contributed by atoms with Crippen LogP contribution in [0.5, 0.6) is 0 Å². The Morgan fingerprint density at radius 3 is 2.33 bits per heavy atom. The fourth-order valence-electron chi connectivity index (χ4n) is 3.74. The third-order valence-corrected chi connectivity index (χ3v) is 4.72. The topological polar surface area (TPSA) is 46.3 Å². The van der Waals surface area contributed by atoms with E-state index in [9.17, 15) is 4.79 Å². The molecular formula is C15H28N2O. The molecule has 18 heavy (non-hydrogen) atoms. The Labute approximate surface area is 111 Å². The van der Waals surface area contributed by atoms with Crippen LogP contribution in [0.25, 0.3) is 0 Å². The number of amides is 1. The molecule has 1 amide bonds. The average molecular weight is 252 g/mol. The van der Waals surface area contributed by atoms with Crippen molar-refractivity contribution in [3.63, 3.8) is 0 Å². The number of carbonyl (C=O) groups excluding carboxylic acids is 1. The zero-order chi connectivity index (χ0) is 13.1. The molecule has 0 radical (unpaired) electrons. The van der Waals surface area contributed by atoms with Gasteiger partial charge in [-0.3, -0.25) is 4.79 Å². The normalized spacial score (nSPS) is 29.1. The van der Waals surface area contributed by atoms with Crippen molar-refractivity contribution >= 4 is 5.91 Å². The highest BCUT2D eigenvalue weighted by Gasteiger charge is 2.32. The van der Waals surface area contributed by atoms with Gasteiger partial charge in [0.15, 0.2) is 0 Å². The van der Waals surface area contributed by atoms with Gasteiger partial charge in [-0.25, -0.2) is 0 Å². The van der Waals surface area contributed by atoms with E-state index in [0.29, 0.717) is 30.3 Å². The first-order chi connectivity index (χ1) is 8.59. The number of hydrogen-bond acceptors (Lipinski definition) is 2. The van der Waals surface area contributed by atoms with E-state index >= 15 is 0 Å². The largest absolute Gasteiger partial charge is 0.337 e. The zero-order valence-electron chi connectivity index (χ0n) is 11.9. The monoisotopic (exact) mass is 252 g/mol. The lowest BCUT2D eigenvalue weighted by molar-refractivity contribution is -0.136. The summed E-state index contributed by atoms with van der Waals surface area (Å²) in [5.41, 5.74) is 6.09. The summed E-state index contributed by atoms with van der Waals surface area (Å²) in [5, 5.41) is 0. The van der Waals surface area contributed by atoms with Gasteiger partial charge in [0.05, 0.1) is 0 Å². The molecule has 0 spiro atoms. The van der Waals surface area contributed by atoms with Crippen LogP contribution in [0.15, 0.2) is 0 Å². The van der Waals surface area contributed by atoms with E-state index in [1.165, 1.54) is 32.1 Å². The quantitative estimate of drug-likeness (QED) is 0.836. The van der Waals surface area contributed by atoms with Crippen molar-refractivity contribution in [2.45, 2.75) is 83.3 Å². The molecule has 0 aromatic carbocycles. The molecule has 104 valence electrons. The number of rotatable bonds is 4. The van der Waals surface area contributed by atoms with Crippen LogP contribution in [-0.4, -0.2) is 28.9 Å². The zero-order valence-corrected chi connectivity index (χ0v) is 11.9. The van der Waals surface area contributed by atoms with E-state index in [2.05, 4.69) is 18.7 Å². The van der Waals surface area contributed by atoms with Gasteiger partial charge in [0.2, 0.25) is 5.91 Å². The highest BCUT2D eigenvalue weighted by molar-refractivity contribution is 5.77. The minimum atomic E-state index is 0.256. The molecule has 3 nitrogen and oxygen atoms in total. The molecule has 0 saturated heterocycles. The van der Waals surface area contributed by atoms with Crippen LogP contribution in [0.4, 0.5) is 0 Å². The van der Waals surface area contributed by atoms with Crippen LogP contribution < -0.4 is 5.73 Å². The van der Waals surface area contributed by atoms with Gasteiger partial charge in [-0.2, -0.15) is 0 Å². The summed E-state index contributed by atoms with van der Waals surface area (Å²) in [5.74, 6) is 0.777. The summed E-state index contributed by atoms with van der Waals surface area (Å²) in [7, 11) is 0. The molecule has 0 bridgehead atoms. The lowest BCUT2D eigenvalue weighted by atomic mass is 9.98. The minimum absolute atomic E-state index is 0.256. The first-order valence-electron chi connectivity index (χ1n) is 7.66. The maximum Gasteiger partial charge on any atom is 0.223 e. The third-order valence-electron chi connectivity index (χ3n) is 4.72. The maximum atomic E-state index is 12.5. The standard InChI is InChI=1S/C15H28N2O/c1-11(2)17(13-7-3-4-8-13)15(18)10-12-6-5-9-14(12)16/h11-14H,3-10,16H2,1-2H3/t12-,14+/m0/s1. The first kappa shape index (κ1) is 13.9. The van der Waals surface area contributed by atoms with Crippen LogP contribution in [0.3, 0.4) is 0 Å². The lowest BCUT2D eigenvalue weighted by Gasteiger charge is -2.34.